The van der Waals surface area contributed by atoms with E-state index >= 15 is 0 Å². The van der Waals surface area contributed by atoms with Crippen molar-refractivity contribution >= 4 is 27.8 Å². The van der Waals surface area contributed by atoms with Crippen molar-refractivity contribution in [3.63, 3.8) is 0 Å². The number of benzene rings is 2. The number of nitrogens with one attached hydrogen (secondary N) is 1. The van der Waals surface area contributed by atoms with Crippen LogP contribution in [0.2, 0.25) is 0 Å². The van der Waals surface area contributed by atoms with E-state index in [9.17, 15) is 0 Å². The fraction of sp³-hybridized carbons (Fsp3) is 0.167. The van der Waals surface area contributed by atoms with Crippen molar-refractivity contribution in [3.8, 4) is 0 Å². The van der Waals surface area contributed by atoms with Crippen LogP contribution in [-0.2, 0) is 7.05 Å². The van der Waals surface area contributed by atoms with E-state index in [1.807, 2.05) is 42.2 Å². The average Bonchev–Trinajstić information content (AvgIpc) is 2.95. The zero-order valence-corrected chi connectivity index (χ0v) is 13.1. The lowest BCUT2D eigenvalue weighted by Gasteiger charge is -2.16. The highest BCUT2D eigenvalue weighted by molar-refractivity contribution is 5.98. The predicted molar refractivity (Wildman–Crippen MR) is 92.3 cm³/mol. The fourth-order valence-electron chi connectivity index (χ4n) is 2.82. The first-order valence-corrected chi connectivity index (χ1v) is 7.59. The first-order chi connectivity index (χ1) is 11.2. The quantitative estimate of drug-likeness (QED) is 0.627. The van der Waals surface area contributed by atoms with E-state index in [0.29, 0.717) is 0 Å². The number of imidazole rings is 1. The molecule has 4 rings (SSSR count). The van der Waals surface area contributed by atoms with Gasteiger partial charge in [0.15, 0.2) is 0 Å². The molecular weight excluding hydrogens is 286 g/mol. The Balaban J connectivity index is 1.80. The van der Waals surface area contributed by atoms with Crippen LogP contribution in [0.4, 0.5) is 5.82 Å². The molecule has 0 amide bonds. The monoisotopic (exact) mass is 303 g/mol. The van der Waals surface area contributed by atoms with E-state index in [4.69, 9.17) is 0 Å². The second-order valence-corrected chi connectivity index (χ2v) is 5.71. The van der Waals surface area contributed by atoms with Gasteiger partial charge in [-0.2, -0.15) is 0 Å². The number of anilines is 1. The average molecular weight is 303 g/mol. The maximum atomic E-state index is 4.44. The van der Waals surface area contributed by atoms with E-state index in [1.165, 1.54) is 5.56 Å². The van der Waals surface area contributed by atoms with Gasteiger partial charge in [0.25, 0.3) is 0 Å². The van der Waals surface area contributed by atoms with Gasteiger partial charge in [-0.15, -0.1) is 0 Å². The van der Waals surface area contributed by atoms with Crippen molar-refractivity contribution in [2.75, 3.05) is 5.32 Å². The van der Waals surface area contributed by atoms with Gasteiger partial charge in [0, 0.05) is 18.5 Å². The summed E-state index contributed by atoms with van der Waals surface area (Å²) in [7, 11) is 1.99. The lowest BCUT2D eigenvalue weighted by molar-refractivity contribution is 0.876. The topological polar surface area (TPSA) is 55.6 Å². The molecule has 0 bridgehead atoms. The molecule has 0 saturated carbocycles. The number of rotatable bonds is 3. The van der Waals surface area contributed by atoms with Crippen LogP contribution in [-0.4, -0.2) is 19.5 Å². The molecule has 1 unspecified atom stereocenters. The van der Waals surface area contributed by atoms with Gasteiger partial charge in [-0.1, -0.05) is 30.3 Å². The molecule has 2 aromatic carbocycles. The molecule has 0 aliphatic heterocycles. The predicted octanol–water partition coefficient (Wildman–Crippen LogP) is 3.69. The highest BCUT2D eigenvalue weighted by Crippen LogP contribution is 2.27. The van der Waals surface area contributed by atoms with E-state index < -0.39 is 0 Å². The van der Waals surface area contributed by atoms with Crippen LogP contribution in [0.1, 0.15) is 18.5 Å². The Bertz CT molecular complexity index is 975. The van der Waals surface area contributed by atoms with Crippen molar-refractivity contribution in [1.82, 2.24) is 19.5 Å². The molecule has 1 N–H and O–H groups in total. The minimum Gasteiger partial charge on any atom is -0.363 e. The molecular formula is C18H17N5. The highest BCUT2D eigenvalue weighted by atomic mass is 15.0. The van der Waals surface area contributed by atoms with Crippen molar-refractivity contribution < 1.29 is 0 Å². The minimum absolute atomic E-state index is 0.163. The number of fused-ring (bicyclic) bond motifs is 2. The number of nitrogens with zero attached hydrogens (tertiary/aromatic N) is 4. The molecule has 0 fully saturated rings. The molecule has 2 aromatic heterocycles. The van der Waals surface area contributed by atoms with Crippen molar-refractivity contribution in [2.45, 2.75) is 13.0 Å². The van der Waals surface area contributed by atoms with Crippen LogP contribution < -0.4 is 5.32 Å². The third-order valence-corrected chi connectivity index (χ3v) is 4.13. The van der Waals surface area contributed by atoms with Crippen LogP contribution >= 0.6 is 0 Å². The number of aromatic nitrogens is 4. The third-order valence-electron chi connectivity index (χ3n) is 4.13. The maximum absolute atomic E-state index is 4.44. The van der Waals surface area contributed by atoms with E-state index in [0.717, 1.165) is 27.8 Å². The van der Waals surface area contributed by atoms with Crippen LogP contribution in [0.3, 0.4) is 0 Å². The van der Waals surface area contributed by atoms with E-state index in [-0.39, 0.29) is 6.04 Å². The molecule has 4 aromatic rings. The normalized spacial score (nSPS) is 12.6. The number of aryl methyl sites for hydroxylation is 1. The van der Waals surface area contributed by atoms with Gasteiger partial charge in [-0.05, 0) is 24.6 Å². The Labute approximate surface area is 134 Å². The van der Waals surface area contributed by atoms with Gasteiger partial charge < -0.3 is 9.88 Å². The summed E-state index contributed by atoms with van der Waals surface area (Å²) in [6.07, 6.45) is 3.41. The molecule has 0 spiro atoms. The molecule has 23 heavy (non-hydrogen) atoms. The SMILES string of the molecule is CC(Nc1ncnc2cc3ncn(C)c3cc12)c1ccccc1. The van der Waals surface area contributed by atoms with Crippen LogP contribution in [0.15, 0.2) is 55.1 Å². The first kappa shape index (κ1) is 13.7. The summed E-state index contributed by atoms with van der Waals surface area (Å²) in [6.45, 7) is 2.13. The lowest BCUT2D eigenvalue weighted by Crippen LogP contribution is -2.08. The van der Waals surface area contributed by atoms with Gasteiger partial charge in [0.2, 0.25) is 0 Å². The Kier molecular flexibility index (Phi) is 3.19. The van der Waals surface area contributed by atoms with Crippen molar-refractivity contribution in [1.29, 1.82) is 0 Å². The highest BCUT2D eigenvalue weighted by Gasteiger charge is 2.11. The van der Waals surface area contributed by atoms with Crippen LogP contribution in [0.25, 0.3) is 21.9 Å². The molecule has 114 valence electrons. The standard InChI is InChI=1S/C18H17N5/c1-12(13-6-4-3-5-7-13)22-18-14-8-17-16(21-11-23(17)2)9-15(14)19-10-20-18/h3-12H,1-2H3,(H,19,20,22). The van der Waals surface area contributed by atoms with Crippen LogP contribution in [0.5, 0.6) is 0 Å². The molecule has 0 saturated heterocycles. The van der Waals surface area contributed by atoms with E-state index in [2.05, 4.69) is 45.4 Å². The number of hydrogen-bond acceptors (Lipinski definition) is 4. The van der Waals surface area contributed by atoms with Gasteiger partial charge in [0.05, 0.1) is 22.9 Å². The van der Waals surface area contributed by atoms with Gasteiger partial charge >= 0.3 is 0 Å². The van der Waals surface area contributed by atoms with E-state index in [1.54, 1.807) is 6.33 Å². The lowest BCUT2D eigenvalue weighted by atomic mass is 10.1. The summed E-state index contributed by atoms with van der Waals surface area (Å²) < 4.78 is 2.01. The summed E-state index contributed by atoms with van der Waals surface area (Å²) in [4.78, 5) is 13.2. The maximum Gasteiger partial charge on any atom is 0.137 e. The summed E-state index contributed by atoms with van der Waals surface area (Å²) in [5.41, 5.74) is 4.14. The minimum atomic E-state index is 0.163. The van der Waals surface area contributed by atoms with Crippen LogP contribution in [0, 0.1) is 0 Å². The zero-order valence-electron chi connectivity index (χ0n) is 13.1. The van der Waals surface area contributed by atoms with Gasteiger partial charge in [-0.3, -0.25) is 0 Å². The third kappa shape index (κ3) is 2.40. The number of hydrogen-bond donors (Lipinski definition) is 1. The largest absolute Gasteiger partial charge is 0.363 e. The van der Waals surface area contributed by atoms with Gasteiger partial charge in [0.1, 0.15) is 12.1 Å². The molecule has 0 aliphatic carbocycles. The Morgan fingerprint density at radius 2 is 1.83 bits per heavy atom. The fourth-order valence-corrected chi connectivity index (χ4v) is 2.82. The van der Waals surface area contributed by atoms with Crippen molar-refractivity contribution in [3.05, 3.63) is 60.7 Å². The molecule has 0 aliphatic rings. The second-order valence-electron chi connectivity index (χ2n) is 5.71. The first-order valence-electron chi connectivity index (χ1n) is 7.59. The molecule has 5 nitrogen and oxygen atoms in total. The summed E-state index contributed by atoms with van der Waals surface area (Å²) >= 11 is 0. The molecule has 2 heterocycles. The smallest absolute Gasteiger partial charge is 0.137 e. The summed E-state index contributed by atoms with van der Waals surface area (Å²) in [5.74, 6) is 0.842. The molecule has 5 heteroatoms. The Morgan fingerprint density at radius 1 is 1.00 bits per heavy atom. The second kappa shape index (κ2) is 5.35. The molecule has 0 radical (unpaired) electrons. The zero-order chi connectivity index (χ0) is 15.8. The summed E-state index contributed by atoms with van der Waals surface area (Å²) in [5, 5.41) is 4.50. The Morgan fingerprint density at radius 3 is 2.65 bits per heavy atom. The molecule has 1 atom stereocenters. The Hall–Kier alpha value is -2.95. The van der Waals surface area contributed by atoms with Crippen molar-refractivity contribution in [2.24, 2.45) is 7.05 Å². The summed E-state index contributed by atoms with van der Waals surface area (Å²) in [6, 6.07) is 14.6. The van der Waals surface area contributed by atoms with Gasteiger partial charge in [-0.25, -0.2) is 15.0 Å².